The molecule has 0 spiro atoms. The molecule has 164 valence electrons. The SMILES string of the molecule is Cc1ncc(-c2cc(O)c(-c3ccc(N4CC[C@H](N(C)C(C)(C)C)C4)nn3)cc2F)s1. The van der Waals surface area contributed by atoms with Crippen LogP contribution in [0.3, 0.4) is 0 Å². The van der Waals surface area contributed by atoms with E-state index in [1.807, 2.05) is 13.0 Å². The third-order valence-corrected chi connectivity index (χ3v) is 6.94. The molecule has 8 heteroatoms. The molecule has 1 aliphatic rings. The van der Waals surface area contributed by atoms with E-state index in [0.29, 0.717) is 27.7 Å². The van der Waals surface area contributed by atoms with Crippen molar-refractivity contribution in [2.24, 2.45) is 0 Å². The van der Waals surface area contributed by atoms with Gasteiger partial charge in [-0.1, -0.05) is 0 Å². The van der Waals surface area contributed by atoms with Gasteiger partial charge in [-0.25, -0.2) is 9.37 Å². The lowest BCUT2D eigenvalue weighted by molar-refractivity contribution is 0.127. The first-order valence-electron chi connectivity index (χ1n) is 10.4. The van der Waals surface area contributed by atoms with Gasteiger partial charge in [0, 0.05) is 42.0 Å². The average molecular weight is 442 g/mol. The van der Waals surface area contributed by atoms with E-state index in [9.17, 15) is 9.50 Å². The molecule has 6 nitrogen and oxygen atoms in total. The van der Waals surface area contributed by atoms with E-state index >= 15 is 0 Å². The number of phenolic OH excluding ortho intramolecular Hbond substituents is 1. The zero-order valence-corrected chi connectivity index (χ0v) is 19.4. The van der Waals surface area contributed by atoms with E-state index in [1.165, 1.54) is 23.5 Å². The number of hydrogen-bond acceptors (Lipinski definition) is 7. The van der Waals surface area contributed by atoms with Crippen molar-refractivity contribution in [2.75, 3.05) is 25.0 Å². The highest BCUT2D eigenvalue weighted by atomic mass is 32.1. The number of thiazole rings is 1. The van der Waals surface area contributed by atoms with Gasteiger partial charge in [-0.3, -0.25) is 4.90 Å². The van der Waals surface area contributed by atoms with Gasteiger partial charge in [-0.2, -0.15) is 0 Å². The van der Waals surface area contributed by atoms with Crippen LogP contribution in [-0.2, 0) is 0 Å². The Balaban J connectivity index is 1.53. The molecule has 3 heterocycles. The molecule has 0 saturated carbocycles. The number of phenols is 1. The van der Waals surface area contributed by atoms with Crippen molar-refractivity contribution < 1.29 is 9.50 Å². The Morgan fingerprint density at radius 3 is 2.58 bits per heavy atom. The van der Waals surface area contributed by atoms with Crippen LogP contribution in [0.25, 0.3) is 21.7 Å². The molecular weight excluding hydrogens is 413 g/mol. The second-order valence-corrected chi connectivity index (χ2v) is 10.3. The Morgan fingerprint density at radius 2 is 1.97 bits per heavy atom. The summed E-state index contributed by atoms with van der Waals surface area (Å²) >= 11 is 1.39. The first-order valence-corrected chi connectivity index (χ1v) is 11.2. The lowest BCUT2D eigenvalue weighted by Gasteiger charge is -2.36. The number of likely N-dealkylation sites (N-methyl/N-ethyl adjacent to an activating group) is 1. The molecule has 1 fully saturated rings. The number of aromatic nitrogens is 3. The molecule has 3 aromatic rings. The summed E-state index contributed by atoms with van der Waals surface area (Å²) in [5.41, 5.74) is 1.22. The Morgan fingerprint density at radius 1 is 1.19 bits per heavy atom. The third-order valence-electron chi connectivity index (χ3n) is 5.99. The van der Waals surface area contributed by atoms with Gasteiger partial charge in [-0.15, -0.1) is 21.5 Å². The van der Waals surface area contributed by atoms with Crippen molar-refractivity contribution >= 4 is 17.2 Å². The van der Waals surface area contributed by atoms with Crippen LogP contribution < -0.4 is 4.90 Å². The number of anilines is 1. The standard InChI is InChI=1S/C23H28FN5OS/c1-14-25-12-21(31-14)16-11-20(30)17(10-18(16)24)19-6-7-22(27-26-19)29-9-8-15(13-29)28(5)23(2,3)4/h6-7,10-12,15,30H,8-9,13H2,1-5H3/t15-/m0/s1. The van der Waals surface area contributed by atoms with Gasteiger partial charge in [0.05, 0.1) is 15.6 Å². The van der Waals surface area contributed by atoms with Crippen molar-refractivity contribution in [3.05, 3.63) is 41.3 Å². The average Bonchev–Trinajstić information content (AvgIpc) is 3.38. The molecule has 0 amide bonds. The Hall–Kier alpha value is -2.58. The van der Waals surface area contributed by atoms with Gasteiger partial charge in [0.15, 0.2) is 5.82 Å². The molecule has 0 unspecified atom stereocenters. The van der Waals surface area contributed by atoms with E-state index in [1.54, 1.807) is 12.3 Å². The van der Waals surface area contributed by atoms with Crippen LogP contribution in [-0.4, -0.2) is 56.9 Å². The Kier molecular flexibility index (Phi) is 5.70. The topological polar surface area (TPSA) is 65.4 Å². The number of benzene rings is 1. The zero-order chi connectivity index (χ0) is 22.3. The predicted octanol–water partition coefficient (Wildman–Crippen LogP) is 4.73. The van der Waals surface area contributed by atoms with Crippen LogP contribution in [0, 0.1) is 12.7 Å². The van der Waals surface area contributed by atoms with Crippen molar-refractivity contribution in [1.82, 2.24) is 20.1 Å². The summed E-state index contributed by atoms with van der Waals surface area (Å²) in [6.45, 7) is 10.3. The summed E-state index contributed by atoms with van der Waals surface area (Å²) < 4.78 is 14.8. The fourth-order valence-electron chi connectivity index (χ4n) is 3.89. The molecule has 2 aromatic heterocycles. The van der Waals surface area contributed by atoms with E-state index in [-0.39, 0.29) is 11.3 Å². The van der Waals surface area contributed by atoms with Gasteiger partial charge in [0.1, 0.15) is 11.6 Å². The highest BCUT2D eigenvalue weighted by molar-refractivity contribution is 7.15. The summed E-state index contributed by atoms with van der Waals surface area (Å²) in [7, 11) is 2.16. The van der Waals surface area contributed by atoms with Crippen LogP contribution in [0.5, 0.6) is 5.75 Å². The van der Waals surface area contributed by atoms with E-state index in [2.05, 4.69) is 52.8 Å². The summed E-state index contributed by atoms with van der Waals surface area (Å²) in [5, 5.41) is 20.0. The summed E-state index contributed by atoms with van der Waals surface area (Å²) in [5.74, 6) is 0.345. The second-order valence-electron chi connectivity index (χ2n) is 9.04. The van der Waals surface area contributed by atoms with Crippen LogP contribution in [0.2, 0.25) is 0 Å². The van der Waals surface area contributed by atoms with E-state index in [0.717, 1.165) is 30.3 Å². The van der Waals surface area contributed by atoms with Crippen molar-refractivity contribution in [1.29, 1.82) is 0 Å². The van der Waals surface area contributed by atoms with E-state index < -0.39 is 5.82 Å². The monoisotopic (exact) mass is 441 g/mol. The normalized spacial score (nSPS) is 17.0. The number of hydrogen-bond donors (Lipinski definition) is 1. The first kappa shape index (κ1) is 21.6. The minimum absolute atomic E-state index is 0.0301. The first-order chi connectivity index (χ1) is 14.6. The molecule has 4 rings (SSSR count). The predicted molar refractivity (Wildman–Crippen MR) is 123 cm³/mol. The van der Waals surface area contributed by atoms with Crippen LogP contribution in [0.1, 0.15) is 32.2 Å². The quantitative estimate of drug-likeness (QED) is 0.632. The maximum atomic E-state index is 14.8. The fourth-order valence-corrected chi connectivity index (χ4v) is 4.69. The minimum atomic E-state index is -0.421. The number of aromatic hydroxyl groups is 1. The third kappa shape index (κ3) is 4.41. The molecule has 1 atom stereocenters. The highest BCUT2D eigenvalue weighted by Gasteiger charge is 2.31. The summed E-state index contributed by atoms with van der Waals surface area (Å²) in [6.07, 6.45) is 2.69. The van der Waals surface area contributed by atoms with Crippen LogP contribution in [0.15, 0.2) is 30.5 Å². The van der Waals surface area contributed by atoms with E-state index in [4.69, 9.17) is 0 Å². The molecule has 1 aliphatic heterocycles. The Bertz CT molecular complexity index is 1080. The lowest BCUT2D eigenvalue weighted by atomic mass is 10.0. The molecule has 31 heavy (non-hydrogen) atoms. The molecule has 1 aromatic carbocycles. The summed E-state index contributed by atoms with van der Waals surface area (Å²) in [4.78, 5) is 9.47. The van der Waals surface area contributed by atoms with Gasteiger partial charge >= 0.3 is 0 Å². The Labute approximate surface area is 186 Å². The van der Waals surface area contributed by atoms with Crippen molar-refractivity contribution in [2.45, 2.75) is 45.7 Å². The van der Waals surface area contributed by atoms with Gasteiger partial charge in [0.25, 0.3) is 0 Å². The smallest absolute Gasteiger partial charge is 0.151 e. The fraction of sp³-hybridized carbons (Fsp3) is 0.435. The molecule has 1 saturated heterocycles. The highest BCUT2D eigenvalue weighted by Crippen LogP contribution is 2.37. The second kappa shape index (κ2) is 8.16. The zero-order valence-electron chi connectivity index (χ0n) is 18.6. The molecule has 0 aliphatic carbocycles. The molecule has 0 radical (unpaired) electrons. The van der Waals surface area contributed by atoms with Gasteiger partial charge in [-0.05, 0) is 65.4 Å². The number of nitrogens with zero attached hydrogens (tertiary/aromatic N) is 5. The molecule has 0 bridgehead atoms. The van der Waals surface area contributed by atoms with Crippen LogP contribution >= 0.6 is 11.3 Å². The molecule has 1 N–H and O–H groups in total. The molecular formula is C23H28FN5OS. The lowest BCUT2D eigenvalue weighted by Crippen LogP contribution is -2.46. The number of halogens is 1. The summed E-state index contributed by atoms with van der Waals surface area (Å²) in [6, 6.07) is 6.88. The minimum Gasteiger partial charge on any atom is -0.507 e. The van der Waals surface area contributed by atoms with Crippen molar-refractivity contribution in [3.8, 4) is 27.4 Å². The van der Waals surface area contributed by atoms with Crippen molar-refractivity contribution in [3.63, 3.8) is 0 Å². The maximum Gasteiger partial charge on any atom is 0.151 e. The number of aryl methyl sites for hydroxylation is 1. The number of rotatable bonds is 4. The van der Waals surface area contributed by atoms with Crippen LogP contribution in [0.4, 0.5) is 10.2 Å². The largest absolute Gasteiger partial charge is 0.507 e. The van der Waals surface area contributed by atoms with Gasteiger partial charge < -0.3 is 10.0 Å². The van der Waals surface area contributed by atoms with Gasteiger partial charge in [0.2, 0.25) is 0 Å². The maximum absolute atomic E-state index is 14.8.